The van der Waals surface area contributed by atoms with Gasteiger partial charge in [0, 0.05) is 18.1 Å². The molecule has 0 aliphatic carbocycles. The first-order valence-electron chi connectivity index (χ1n) is 6.13. The number of hydrogen-bond acceptors (Lipinski definition) is 3. The Bertz CT molecular complexity index is 279. The Morgan fingerprint density at radius 3 is 2.75 bits per heavy atom. The Kier molecular flexibility index (Phi) is 4.93. The number of rotatable bonds is 7. The van der Waals surface area contributed by atoms with Crippen molar-refractivity contribution in [3.63, 3.8) is 0 Å². The van der Waals surface area contributed by atoms with Crippen molar-refractivity contribution in [2.24, 2.45) is 0 Å². The van der Waals surface area contributed by atoms with Crippen LogP contribution in [-0.4, -0.2) is 26.3 Å². The largest absolute Gasteiger partial charge is 0.309 e. The van der Waals surface area contributed by atoms with Crippen LogP contribution >= 0.6 is 0 Å². The predicted molar refractivity (Wildman–Crippen MR) is 66.2 cm³/mol. The predicted octanol–water partition coefficient (Wildman–Crippen LogP) is 2.23. The topological polar surface area (TPSA) is 42.7 Å². The van der Waals surface area contributed by atoms with Crippen molar-refractivity contribution in [1.82, 2.24) is 20.1 Å². The first kappa shape index (κ1) is 13.2. The maximum Gasteiger partial charge on any atom is 0.137 e. The van der Waals surface area contributed by atoms with E-state index < -0.39 is 0 Å². The molecule has 1 N–H and O–H groups in total. The second-order valence-electron chi connectivity index (χ2n) is 5.13. The van der Waals surface area contributed by atoms with Gasteiger partial charge in [-0.3, -0.25) is 4.68 Å². The zero-order chi connectivity index (χ0) is 12.0. The molecule has 16 heavy (non-hydrogen) atoms. The van der Waals surface area contributed by atoms with E-state index in [1.165, 1.54) is 12.8 Å². The van der Waals surface area contributed by atoms with Crippen LogP contribution in [0.2, 0.25) is 0 Å². The zero-order valence-corrected chi connectivity index (χ0v) is 10.9. The average molecular weight is 224 g/mol. The monoisotopic (exact) mass is 224 g/mol. The van der Waals surface area contributed by atoms with E-state index in [0.717, 1.165) is 13.0 Å². The molecule has 92 valence electrons. The molecule has 4 heteroatoms. The van der Waals surface area contributed by atoms with Crippen LogP contribution in [0.25, 0.3) is 0 Å². The lowest BCUT2D eigenvalue weighted by atomic mass is 9.97. The van der Waals surface area contributed by atoms with Crippen molar-refractivity contribution >= 4 is 0 Å². The molecule has 1 unspecified atom stereocenters. The Morgan fingerprint density at radius 1 is 1.44 bits per heavy atom. The third-order valence-corrected chi connectivity index (χ3v) is 2.77. The van der Waals surface area contributed by atoms with Gasteiger partial charge in [0.1, 0.15) is 12.7 Å². The highest BCUT2D eigenvalue weighted by molar-refractivity contribution is 4.80. The third kappa shape index (κ3) is 4.75. The van der Waals surface area contributed by atoms with E-state index in [-0.39, 0.29) is 5.54 Å². The fourth-order valence-corrected chi connectivity index (χ4v) is 2.11. The van der Waals surface area contributed by atoms with E-state index >= 15 is 0 Å². The highest BCUT2D eigenvalue weighted by atomic mass is 15.3. The molecule has 4 nitrogen and oxygen atoms in total. The minimum absolute atomic E-state index is 0.233. The van der Waals surface area contributed by atoms with Crippen molar-refractivity contribution in [2.45, 2.75) is 65.1 Å². The van der Waals surface area contributed by atoms with Gasteiger partial charge in [-0.1, -0.05) is 13.3 Å². The van der Waals surface area contributed by atoms with E-state index in [1.54, 1.807) is 12.7 Å². The number of nitrogens with zero attached hydrogens (tertiary/aromatic N) is 3. The van der Waals surface area contributed by atoms with Gasteiger partial charge in [0.25, 0.3) is 0 Å². The summed E-state index contributed by atoms with van der Waals surface area (Å²) in [4.78, 5) is 3.94. The van der Waals surface area contributed by atoms with E-state index in [2.05, 4.69) is 43.1 Å². The van der Waals surface area contributed by atoms with Crippen LogP contribution in [0.15, 0.2) is 12.7 Å². The fraction of sp³-hybridized carbons (Fsp3) is 0.833. The molecule has 0 aromatic carbocycles. The molecule has 0 saturated heterocycles. The van der Waals surface area contributed by atoms with E-state index in [4.69, 9.17) is 0 Å². The van der Waals surface area contributed by atoms with Crippen molar-refractivity contribution in [3.8, 4) is 0 Å². The van der Waals surface area contributed by atoms with Gasteiger partial charge >= 0.3 is 0 Å². The number of aromatic nitrogens is 3. The average Bonchev–Trinajstić information content (AvgIpc) is 2.66. The summed E-state index contributed by atoms with van der Waals surface area (Å²) in [6.45, 7) is 9.92. The van der Waals surface area contributed by atoms with Crippen molar-refractivity contribution in [1.29, 1.82) is 0 Å². The molecule has 0 fully saturated rings. The summed E-state index contributed by atoms with van der Waals surface area (Å²) in [5, 5.41) is 7.76. The van der Waals surface area contributed by atoms with Gasteiger partial charge in [0.05, 0.1) is 0 Å². The van der Waals surface area contributed by atoms with Crippen LogP contribution in [-0.2, 0) is 6.54 Å². The molecule has 0 radical (unpaired) electrons. The lowest BCUT2D eigenvalue weighted by Crippen LogP contribution is -2.44. The Hall–Kier alpha value is -0.900. The third-order valence-electron chi connectivity index (χ3n) is 2.77. The Labute approximate surface area is 98.5 Å². The molecule has 1 aromatic rings. The highest BCUT2D eigenvalue weighted by Gasteiger charge is 2.18. The number of nitrogens with one attached hydrogen (secondary N) is 1. The van der Waals surface area contributed by atoms with E-state index in [9.17, 15) is 0 Å². The summed E-state index contributed by atoms with van der Waals surface area (Å²) in [5.74, 6) is 0. The molecule has 1 atom stereocenters. The summed E-state index contributed by atoms with van der Waals surface area (Å²) in [5.41, 5.74) is 0.233. The van der Waals surface area contributed by atoms with Crippen LogP contribution in [0.1, 0.15) is 47.0 Å². The first-order chi connectivity index (χ1) is 7.53. The SMILES string of the molecule is CCCC(C)(C)NC(C)CCn1cncn1. The highest BCUT2D eigenvalue weighted by Crippen LogP contribution is 2.12. The van der Waals surface area contributed by atoms with Gasteiger partial charge in [-0.15, -0.1) is 0 Å². The number of aryl methyl sites for hydroxylation is 1. The second-order valence-corrected chi connectivity index (χ2v) is 5.13. The lowest BCUT2D eigenvalue weighted by molar-refractivity contribution is 0.304. The molecular weight excluding hydrogens is 200 g/mol. The lowest BCUT2D eigenvalue weighted by Gasteiger charge is -2.30. The van der Waals surface area contributed by atoms with Crippen LogP contribution < -0.4 is 5.32 Å². The number of hydrogen-bond donors (Lipinski definition) is 1. The van der Waals surface area contributed by atoms with Gasteiger partial charge in [-0.05, 0) is 33.6 Å². The summed E-state index contributed by atoms with van der Waals surface area (Å²) < 4.78 is 1.88. The molecule has 1 heterocycles. The molecule has 0 spiro atoms. The Morgan fingerprint density at radius 2 is 2.19 bits per heavy atom. The second kappa shape index (κ2) is 5.99. The first-order valence-corrected chi connectivity index (χ1v) is 6.13. The zero-order valence-electron chi connectivity index (χ0n) is 10.9. The smallest absolute Gasteiger partial charge is 0.137 e. The Balaban J connectivity index is 2.27. The minimum Gasteiger partial charge on any atom is -0.309 e. The molecule has 1 rings (SSSR count). The maximum absolute atomic E-state index is 4.10. The molecule has 0 aliphatic rings. The van der Waals surface area contributed by atoms with Crippen LogP contribution in [0.5, 0.6) is 0 Å². The summed E-state index contributed by atoms with van der Waals surface area (Å²) in [6.07, 6.45) is 6.86. The van der Waals surface area contributed by atoms with Crippen molar-refractivity contribution in [3.05, 3.63) is 12.7 Å². The standard InChI is InChI=1S/C12H24N4/c1-5-7-12(3,4)15-11(2)6-8-16-10-13-9-14-16/h9-11,15H,5-8H2,1-4H3. The molecule has 0 aliphatic heterocycles. The molecular formula is C12H24N4. The molecule has 1 aromatic heterocycles. The molecule has 0 bridgehead atoms. The quantitative estimate of drug-likeness (QED) is 0.772. The van der Waals surface area contributed by atoms with E-state index in [1.807, 2.05) is 4.68 Å². The summed E-state index contributed by atoms with van der Waals surface area (Å²) in [6, 6.07) is 0.505. The van der Waals surface area contributed by atoms with Gasteiger partial charge in [0.15, 0.2) is 0 Å². The van der Waals surface area contributed by atoms with Crippen molar-refractivity contribution < 1.29 is 0 Å². The van der Waals surface area contributed by atoms with Gasteiger partial charge < -0.3 is 5.32 Å². The normalized spacial score (nSPS) is 14.0. The molecule has 0 amide bonds. The van der Waals surface area contributed by atoms with E-state index in [0.29, 0.717) is 6.04 Å². The maximum atomic E-state index is 4.10. The van der Waals surface area contributed by atoms with Gasteiger partial charge in [-0.25, -0.2) is 4.98 Å². The minimum atomic E-state index is 0.233. The van der Waals surface area contributed by atoms with Crippen LogP contribution in [0.3, 0.4) is 0 Å². The van der Waals surface area contributed by atoms with Gasteiger partial charge in [-0.2, -0.15) is 5.10 Å². The van der Waals surface area contributed by atoms with Crippen LogP contribution in [0.4, 0.5) is 0 Å². The molecule has 0 saturated carbocycles. The summed E-state index contributed by atoms with van der Waals surface area (Å²) >= 11 is 0. The van der Waals surface area contributed by atoms with Crippen LogP contribution in [0, 0.1) is 0 Å². The summed E-state index contributed by atoms with van der Waals surface area (Å²) in [7, 11) is 0. The van der Waals surface area contributed by atoms with Crippen molar-refractivity contribution in [2.75, 3.05) is 0 Å². The fourth-order valence-electron chi connectivity index (χ4n) is 2.11. The van der Waals surface area contributed by atoms with Gasteiger partial charge in [0.2, 0.25) is 0 Å².